The summed E-state index contributed by atoms with van der Waals surface area (Å²) in [5, 5.41) is 10.5. The fourth-order valence-electron chi connectivity index (χ4n) is 3.14. The summed E-state index contributed by atoms with van der Waals surface area (Å²) in [6, 6.07) is 9.02. The Kier molecular flexibility index (Phi) is 4.23. The SMILES string of the molecule is Cc1ccc(C(=O)C2=C(O)C(=O)N(c3ncccn3)[C@@H]2c2ccccc2F)o1. The first-order valence-electron chi connectivity index (χ1n) is 8.38. The predicted octanol–water partition coefficient (Wildman–Crippen LogP) is 3.30. The number of benzene rings is 1. The van der Waals surface area contributed by atoms with Crippen LogP contribution in [0.4, 0.5) is 10.3 Å². The molecule has 0 fully saturated rings. The highest BCUT2D eigenvalue weighted by Crippen LogP contribution is 2.41. The summed E-state index contributed by atoms with van der Waals surface area (Å²) in [4.78, 5) is 34.9. The number of rotatable bonds is 4. The van der Waals surface area contributed by atoms with E-state index in [9.17, 15) is 19.1 Å². The highest BCUT2D eigenvalue weighted by molar-refractivity contribution is 6.19. The van der Waals surface area contributed by atoms with E-state index in [1.165, 1.54) is 36.7 Å². The molecule has 140 valence electrons. The lowest BCUT2D eigenvalue weighted by Gasteiger charge is -2.24. The third-order valence-corrected chi connectivity index (χ3v) is 4.38. The van der Waals surface area contributed by atoms with Gasteiger partial charge in [0.15, 0.2) is 11.5 Å². The lowest BCUT2D eigenvalue weighted by Crippen LogP contribution is -2.33. The van der Waals surface area contributed by atoms with Crippen LogP contribution in [0.3, 0.4) is 0 Å². The van der Waals surface area contributed by atoms with Crippen LogP contribution in [0.15, 0.2) is 70.6 Å². The number of aromatic nitrogens is 2. The number of ketones is 1. The van der Waals surface area contributed by atoms with Crippen molar-refractivity contribution in [2.75, 3.05) is 4.90 Å². The van der Waals surface area contributed by atoms with Crippen LogP contribution in [0.2, 0.25) is 0 Å². The molecule has 7 nitrogen and oxygen atoms in total. The number of hydrogen-bond donors (Lipinski definition) is 1. The fourth-order valence-corrected chi connectivity index (χ4v) is 3.14. The molecule has 0 saturated heterocycles. The minimum absolute atomic E-state index is 0.0268. The van der Waals surface area contributed by atoms with Crippen molar-refractivity contribution in [2.24, 2.45) is 0 Å². The van der Waals surface area contributed by atoms with E-state index >= 15 is 0 Å². The molecule has 0 bridgehead atoms. The number of hydrogen-bond acceptors (Lipinski definition) is 6. The number of nitrogens with zero attached hydrogens (tertiary/aromatic N) is 3. The van der Waals surface area contributed by atoms with Gasteiger partial charge in [0.25, 0.3) is 5.91 Å². The molecule has 1 aromatic carbocycles. The van der Waals surface area contributed by atoms with Crippen molar-refractivity contribution in [1.29, 1.82) is 0 Å². The molecule has 0 unspecified atom stereocenters. The molecule has 0 saturated carbocycles. The Morgan fingerprint density at radius 3 is 2.50 bits per heavy atom. The average Bonchev–Trinajstić information content (AvgIpc) is 3.24. The van der Waals surface area contributed by atoms with Gasteiger partial charge < -0.3 is 9.52 Å². The van der Waals surface area contributed by atoms with Gasteiger partial charge in [-0.1, -0.05) is 18.2 Å². The Labute approximate surface area is 158 Å². The lowest BCUT2D eigenvalue weighted by molar-refractivity contribution is -0.117. The molecule has 0 radical (unpaired) electrons. The molecule has 1 aliphatic heterocycles. The van der Waals surface area contributed by atoms with Crippen molar-refractivity contribution < 1.29 is 23.5 Å². The molecule has 8 heteroatoms. The normalized spacial score (nSPS) is 16.7. The van der Waals surface area contributed by atoms with Crippen molar-refractivity contribution in [3.63, 3.8) is 0 Å². The summed E-state index contributed by atoms with van der Waals surface area (Å²) in [5.74, 6) is -2.69. The maximum atomic E-state index is 14.6. The summed E-state index contributed by atoms with van der Waals surface area (Å²) in [6.07, 6.45) is 2.81. The Balaban J connectivity index is 1.91. The molecule has 0 aliphatic carbocycles. The molecule has 1 N–H and O–H groups in total. The van der Waals surface area contributed by atoms with Gasteiger partial charge in [-0.05, 0) is 31.2 Å². The second-order valence-electron chi connectivity index (χ2n) is 6.15. The summed E-state index contributed by atoms with van der Waals surface area (Å²) in [7, 11) is 0. The van der Waals surface area contributed by atoms with E-state index in [2.05, 4.69) is 9.97 Å². The molecule has 3 heterocycles. The Bertz CT molecular complexity index is 1110. The number of halogens is 1. The first-order valence-corrected chi connectivity index (χ1v) is 8.38. The Morgan fingerprint density at radius 1 is 1.14 bits per heavy atom. The highest BCUT2D eigenvalue weighted by atomic mass is 19.1. The third-order valence-electron chi connectivity index (χ3n) is 4.38. The largest absolute Gasteiger partial charge is 0.503 e. The molecule has 0 spiro atoms. The average molecular weight is 379 g/mol. The van der Waals surface area contributed by atoms with Crippen molar-refractivity contribution in [2.45, 2.75) is 13.0 Å². The minimum Gasteiger partial charge on any atom is -0.503 e. The van der Waals surface area contributed by atoms with Gasteiger partial charge >= 0.3 is 0 Å². The van der Waals surface area contributed by atoms with E-state index in [-0.39, 0.29) is 22.8 Å². The molecule has 1 aliphatic rings. The molecule has 4 rings (SSSR count). The van der Waals surface area contributed by atoms with Crippen LogP contribution in [0, 0.1) is 12.7 Å². The summed E-state index contributed by atoms with van der Waals surface area (Å²) in [5.41, 5.74) is -0.268. The Morgan fingerprint density at radius 2 is 1.86 bits per heavy atom. The molecule has 1 amide bonds. The summed E-state index contributed by atoms with van der Waals surface area (Å²) in [6.45, 7) is 1.66. The first-order chi connectivity index (χ1) is 13.5. The Hall–Kier alpha value is -3.81. The van der Waals surface area contributed by atoms with Crippen LogP contribution in [0.1, 0.15) is 27.9 Å². The molecule has 3 aromatic rings. The van der Waals surface area contributed by atoms with Crippen molar-refractivity contribution >= 4 is 17.6 Å². The molecule has 28 heavy (non-hydrogen) atoms. The minimum atomic E-state index is -1.24. The standard InChI is InChI=1S/C20H14FN3O4/c1-11-7-8-14(28-11)17(25)15-16(12-5-2-3-6-13(12)21)24(19(27)18(15)26)20-22-9-4-10-23-20/h2-10,16,26H,1H3/t16-/m1/s1. The van der Waals surface area contributed by atoms with Crippen LogP contribution >= 0.6 is 0 Å². The monoisotopic (exact) mass is 379 g/mol. The van der Waals surface area contributed by atoms with E-state index in [1.54, 1.807) is 25.1 Å². The van der Waals surface area contributed by atoms with E-state index in [0.717, 1.165) is 4.90 Å². The molecule has 2 aromatic heterocycles. The maximum absolute atomic E-state index is 14.6. The number of carbonyl (C=O) groups excluding carboxylic acids is 2. The smallest absolute Gasteiger partial charge is 0.296 e. The van der Waals surface area contributed by atoms with Crippen LogP contribution < -0.4 is 4.90 Å². The van der Waals surface area contributed by atoms with Gasteiger partial charge in [0, 0.05) is 18.0 Å². The van der Waals surface area contributed by atoms with Crippen molar-refractivity contribution in [3.8, 4) is 0 Å². The number of furan rings is 1. The fraction of sp³-hybridized carbons (Fsp3) is 0.100. The molecular weight excluding hydrogens is 365 g/mol. The van der Waals surface area contributed by atoms with Crippen LogP contribution in [-0.4, -0.2) is 26.8 Å². The number of aliphatic hydroxyl groups is 1. The van der Waals surface area contributed by atoms with Crippen LogP contribution in [0.5, 0.6) is 0 Å². The zero-order valence-corrected chi connectivity index (χ0v) is 14.7. The van der Waals surface area contributed by atoms with Gasteiger partial charge in [-0.25, -0.2) is 14.4 Å². The number of aryl methyl sites for hydroxylation is 1. The van der Waals surface area contributed by atoms with Gasteiger partial charge in [-0.2, -0.15) is 0 Å². The number of carbonyl (C=O) groups is 2. The maximum Gasteiger partial charge on any atom is 0.296 e. The quantitative estimate of drug-likeness (QED) is 0.699. The number of Topliss-reactive ketones (excluding diaryl/α,β-unsaturated/α-hetero) is 1. The van der Waals surface area contributed by atoms with Crippen LogP contribution in [0.25, 0.3) is 0 Å². The van der Waals surface area contributed by atoms with Gasteiger partial charge in [0.05, 0.1) is 5.57 Å². The van der Waals surface area contributed by atoms with Crippen molar-refractivity contribution in [1.82, 2.24) is 9.97 Å². The zero-order valence-electron chi connectivity index (χ0n) is 14.7. The lowest BCUT2D eigenvalue weighted by atomic mass is 9.95. The van der Waals surface area contributed by atoms with Crippen molar-refractivity contribution in [3.05, 3.63) is 89.1 Å². The summed E-state index contributed by atoms with van der Waals surface area (Å²) >= 11 is 0. The topological polar surface area (TPSA) is 96.5 Å². The van der Waals surface area contributed by atoms with E-state index in [1.807, 2.05) is 0 Å². The van der Waals surface area contributed by atoms with E-state index in [0.29, 0.717) is 5.76 Å². The van der Waals surface area contributed by atoms with Gasteiger partial charge in [0.1, 0.15) is 17.6 Å². The van der Waals surface area contributed by atoms with Gasteiger partial charge in [-0.15, -0.1) is 0 Å². The second-order valence-corrected chi connectivity index (χ2v) is 6.15. The zero-order chi connectivity index (χ0) is 19.8. The van der Waals surface area contributed by atoms with E-state index < -0.39 is 29.3 Å². The highest BCUT2D eigenvalue weighted by Gasteiger charge is 2.47. The van der Waals surface area contributed by atoms with E-state index in [4.69, 9.17) is 4.42 Å². The predicted molar refractivity (Wildman–Crippen MR) is 96.1 cm³/mol. The molecular formula is C20H14FN3O4. The summed E-state index contributed by atoms with van der Waals surface area (Å²) < 4.78 is 20.0. The van der Waals surface area contributed by atoms with Gasteiger partial charge in [-0.3, -0.25) is 14.5 Å². The number of amides is 1. The number of aliphatic hydroxyl groups excluding tert-OH is 1. The number of anilines is 1. The first kappa shape index (κ1) is 17.6. The third kappa shape index (κ3) is 2.75. The van der Waals surface area contributed by atoms with Crippen LogP contribution in [-0.2, 0) is 4.79 Å². The van der Waals surface area contributed by atoms with Gasteiger partial charge in [0.2, 0.25) is 11.7 Å². The molecule has 1 atom stereocenters. The second kappa shape index (κ2) is 6.73.